The Balaban J connectivity index is 2.89. The first-order valence-electron chi connectivity index (χ1n) is 6.76. The van der Waals surface area contributed by atoms with Crippen molar-refractivity contribution >= 4 is 21.6 Å². The normalized spacial score (nSPS) is 12.8. The van der Waals surface area contributed by atoms with Crippen molar-refractivity contribution in [2.75, 3.05) is 17.1 Å². The van der Waals surface area contributed by atoms with Gasteiger partial charge in [-0.2, -0.15) is 0 Å². The van der Waals surface area contributed by atoms with Crippen LogP contribution in [-0.2, 0) is 14.8 Å². The first-order chi connectivity index (χ1) is 9.74. The zero-order valence-corrected chi connectivity index (χ0v) is 13.3. The molecule has 1 rings (SSSR count). The highest BCUT2D eigenvalue weighted by atomic mass is 32.2. The summed E-state index contributed by atoms with van der Waals surface area (Å²) in [4.78, 5) is 11.9. The van der Waals surface area contributed by atoms with Crippen LogP contribution in [0.5, 0.6) is 0 Å². The molecule has 1 atom stereocenters. The largest absolute Gasteiger partial charge is 0.352 e. The van der Waals surface area contributed by atoms with E-state index >= 15 is 0 Å². The summed E-state index contributed by atoms with van der Waals surface area (Å²) in [6.07, 6.45) is 2.71. The third-order valence-electron chi connectivity index (χ3n) is 2.91. The molecule has 0 unspecified atom stereocenters. The van der Waals surface area contributed by atoms with E-state index in [9.17, 15) is 17.6 Å². The third-order valence-corrected chi connectivity index (χ3v) is 4.05. The molecule has 0 aliphatic carbocycles. The number of amides is 1. The zero-order valence-electron chi connectivity index (χ0n) is 12.5. The van der Waals surface area contributed by atoms with Gasteiger partial charge >= 0.3 is 0 Å². The number of benzene rings is 1. The van der Waals surface area contributed by atoms with Gasteiger partial charge in [0.15, 0.2) is 0 Å². The number of anilines is 1. The molecule has 0 spiro atoms. The fraction of sp³-hybridized carbons (Fsp3) is 0.500. The lowest BCUT2D eigenvalue weighted by atomic mass is 10.2. The molecule has 0 aliphatic rings. The van der Waals surface area contributed by atoms with Crippen LogP contribution in [0, 0.1) is 5.82 Å². The zero-order chi connectivity index (χ0) is 16.0. The monoisotopic (exact) mass is 316 g/mol. The van der Waals surface area contributed by atoms with Gasteiger partial charge in [-0.05, 0) is 31.5 Å². The van der Waals surface area contributed by atoms with Crippen molar-refractivity contribution in [1.82, 2.24) is 5.32 Å². The van der Waals surface area contributed by atoms with Gasteiger partial charge < -0.3 is 5.32 Å². The van der Waals surface area contributed by atoms with E-state index in [1.54, 1.807) is 0 Å². The molecule has 7 heteroatoms. The van der Waals surface area contributed by atoms with Crippen LogP contribution in [0.1, 0.15) is 26.7 Å². The van der Waals surface area contributed by atoms with Crippen LogP contribution in [0.25, 0.3) is 0 Å². The van der Waals surface area contributed by atoms with Gasteiger partial charge in [0.05, 0.1) is 11.9 Å². The van der Waals surface area contributed by atoms with Crippen molar-refractivity contribution in [3.05, 3.63) is 30.1 Å². The van der Waals surface area contributed by atoms with Crippen LogP contribution in [0.3, 0.4) is 0 Å². The molecule has 1 aromatic carbocycles. The maximum absolute atomic E-state index is 13.2. The molecule has 0 radical (unpaired) electrons. The predicted molar refractivity (Wildman–Crippen MR) is 81.1 cm³/mol. The molecule has 0 fully saturated rings. The lowest BCUT2D eigenvalue weighted by Gasteiger charge is -2.23. The Kier molecular flexibility index (Phi) is 6.14. The Morgan fingerprint density at radius 3 is 2.62 bits per heavy atom. The van der Waals surface area contributed by atoms with Crippen LogP contribution < -0.4 is 9.62 Å². The Labute approximate surface area is 125 Å². The molecular weight excluding hydrogens is 295 g/mol. The number of hydrogen-bond acceptors (Lipinski definition) is 3. The lowest BCUT2D eigenvalue weighted by molar-refractivity contribution is -0.120. The summed E-state index contributed by atoms with van der Waals surface area (Å²) >= 11 is 0. The fourth-order valence-corrected chi connectivity index (χ4v) is 2.84. The molecule has 1 amide bonds. The first-order valence-corrected chi connectivity index (χ1v) is 8.61. The summed E-state index contributed by atoms with van der Waals surface area (Å²) in [6.45, 7) is 3.49. The van der Waals surface area contributed by atoms with Gasteiger partial charge in [0, 0.05) is 6.04 Å². The second-order valence-electron chi connectivity index (χ2n) is 5.01. The standard InChI is InChI=1S/C14H21FN2O3S/c1-4-6-11(2)16-14(18)10-17(21(3,19)20)13-8-5-7-12(15)9-13/h5,7-9,11H,4,6,10H2,1-3H3,(H,16,18)/t11-/m1/s1. The maximum Gasteiger partial charge on any atom is 0.240 e. The molecule has 118 valence electrons. The smallest absolute Gasteiger partial charge is 0.240 e. The fourth-order valence-electron chi connectivity index (χ4n) is 1.99. The molecule has 5 nitrogen and oxygen atoms in total. The van der Waals surface area contributed by atoms with Gasteiger partial charge in [-0.15, -0.1) is 0 Å². The molecule has 0 bridgehead atoms. The summed E-state index contributed by atoms with van der Waals surface area (Å²) < 4.78 is 37.8. The van der Waals surface area contributed by atoms with Crippen molar-refractivity contribution in [3.8, 4) is 0 Å². The number of sulfonamides is 1. The van der Waals surface area contributed by atoms with Crippen molar-refractivity contribution in [2.45, 2.75) is 32.7 Å². The number of hydrogen-bond donors (Lipinski definition) is 1. The van der Waals surface area contributed by atoms with Crippen LogP contribution >= 0.6 is 0 Å². The summed E-state index contributed by atoms with van der Waals surface area (Å²) in [5.41, 5.74) is 0.135. The van der Waals surface area contributed by atoms with Crippen LogP contribution in [-0.4, -0.2) is 33.2 Å². The molecule has 1 aromatic rings. The summed E-state index contributed by atoms with van der Waals surface area (Å²) in [5.74, 6) is -0.966. The number of carbonyl (C=O) groups is 1. The van der Waals surface area contributed by atoms with Gasteiger partial charge in [-0.3, -0.25) is 9.10 Å². The SMILES string of the molecule is CCC[C@@H](C)NC(=O)CN(c1cccc(F)c1)S(C)(=O)=O. The van der Waals surface area contributed by atoms with E-state index in [4.69, 9.17) is 0 Å². The molecule has 0 aromatic heterocycles. The molecule has 1 N–H and O–H groups in total. The first kappa shape index (κ1) is 17.4. The average Bonchev–Trinajstić information content (AvgIpc) is 2.34. The van der Waals surface area contributed by atoms with Crippen LogP contribution in [0.2, 0.25) is 0 Å². The second-order valence-corrected chi connectivity index (χ2v) is 6.91. The highest BCUT2D eigenvalue weighted by molar-refractivity contribution is 7.92. The van der Waals surface area contributed by atoms with E-state index in [1.165, 1.54) is 18.2 Å². The average molecular weight is 316 g/mol. The van der Waals surface area contributed by atoms with Crippen molar-refractivity contribution < 1.29 is 17.6 Å². The highest BCUT2D eigenvalue weighted by Gasteiger charge is 2.21. The number of nitrogens with one attached hydrogen (secondary N) is 1. The van der Waals surface area contributed by atoms with E-state index in [0.29, 0.717) is 0 Å². The van der Waals surface area contributed by atoms with E-state index in [0.717, 1.165) is 29.5 Å². The Morgan fingerprint density at radius 1 is 1.43 bits per heavy atom. The Morgan fingerprint density at radius 2 is 2.10 bits per heavy atom. The highest BCUT2D eigenvalue weighted by Crippen LogP contribution is 2.18. The third kappa shape index (κ3) is 5.71. The topological polar surface area (TPSA) is 66.5 Å². The number of halogens is 1. The summed E-state index contributed by atoms with van der Waals surface area (Å²) in [6, 6.07) is 5.13. The van der Waals surface area contributed by atoms with E-state index in [-0.39, 0.29) is 18.3 Å². The summed E-state index contributed by atoms with van der Waals surface area (Å²) in [5, 5.41) is 2.73. The summed E-state index contributed by atoms with van der Waals surface area (Å²) in [7, 11) is -3.67. The molecular formula is C14H21FN2O3S. The molecule has 0 saturated heterocycles. The minimum absolute atomic E-state index is 0.0311. The van der Waals surface area contributed by atoms with Gasteiger partial charge in [0.2, 0.25) is 15.9 Å². The van der Waals surface area contributed by atoms with Gasteiger partial charge in [-0.25, -0.2) is 12.8 Å². The van der Waals surface area contributed by atoms with E-state index in [2.05, 4.69) is 5.32 Å². The number of nitrogens with zero attached hydrogens (tertiary/aromatic N) is 1. The molecule has 0 saturated carbocycles. The Hall–Kier alpha value is -1.63. The lowest BCUT2D eigenvalue weighted by Crippen LogP contribution is -2.43. The van der Waals surface area contributed by atoms with Gasteiger partial charge in [0.25, 0.3) is 0 Å². The predicted octanol–water partition coefficient (Wildman–Crippen LogP) is 1.90. The van der Waals surface area contributed by atoms with Crippen LogP contribution in [0.4, 0.5) is 10.1 Å². The van der Waals surface area contributed by atoms with Crippen LogP contribution in [0.15, 0.2) is 24.3 Å². The Bertz CT molecular complexity index is 590. The van der Waals surface area contributed by atoms with Crippen molar-refractivity contribution in [2.24, 2.45) is 0 Å². The van der Waals surface area contributed by atoms with Crippen molar-refractivity contribution in [1.29, 1.82) is 0 Å². The van der Waals surface area contributed by atoms with Gasteiger partial charge in [-0.1, -0.05) is 19.4 Å². The molecule has 0 heterocycles. The van der Waals surface area contributed by atoms with Gasteiger partial charge in [0.1, 0.15) is 12.4 Å². The van der Waals surface area contributed by atoms with Crippen molar-refractivity contribution in [3.63, 3.8) is 0 Å². The molecule has 0 aliphatic heterocycles. The van der Waals surface area contributed by atoms with E-state index < -0.39 is 21.7 Å². The quantitative estimate of drug-likeness (QED) is 0.835. The second kappa shape index (κ2) is 7.40. The van der Waals surface area contributed by atoms with E-state index in [1.807, 2.05) is 13.8 Å². The number of rotatable bonds is 7. The number of carbonyl (C=O) groups excluding carboxylic acids is 1. The maximum atomic E-state index is 13.2. The minimum atomic E-state index is -3.67. The molecule has 21 heavy (non-hydrogen) atoms. The minimum Gasteiger partial charge on any atom is -0.352 e.